The van der Waals surface area contributed by atoms with Gasteiger partial charge < -0.3 is 5.32 Å². The summed E-state index contributed by atoms with van der Waals surface area (Å²) in [6.07, 6.45) is 0.750. The molecule has 0 aliphatic carbocycles. The summed E-state index contributed by atoms with van der Waals surface area (Å²) in [4.78, 5) is 10.7. The maximum Gasteiger partial charge on any atom is 0.217 e. The molecule has 0 aromatic rings. The van der Waals surface area contributed by atoms with Crippen LogP contribution in [0.3, 0.4) is 0 Å². The minimum Gasteiger partial charge on any atom is -0.349 e. The van der Waals surface area contributed by atoms with Gasteiger partial charge in [-0.1, -0.05) is 6.92 Å². The lowest BCUT2D eigenvalue weighted by Crippen LogP contribution is -2.50. The third kappa shape index (κ3) is 3.30. The van der Waals surface area contributed by atoms with Crippen LogP contribution in [0.1, 0.15) is 20.3 Å². The van der Waals surface area contributed by atoms with Crippen molar-refractivity contribution in [1.29, 1.82) is 0 Å². The lowest BCUT2D eigenvalue weighted by atomic mass is 10.0. The van der Waals surface area contributed by atoms with E-state index in [1.54, 1.807) is 0 Å². The Kier molecular flexibility index (Phi) is 4.86. The van der Waals surface area contributed by atoms with E-state index in [0.717, 1.165) is 6.42 Å². The van der Waals surface area contributed by atoms with Crippen molar-refractivity contribution in [2.24, 2.45) is 0 Å². The van der Waals surface area contributed by atoms with Crippen LogP contribution in [0.15, 0.2) is 0 Å². The minimum atomic E-state index is -0.422. The van der Waals surface area contributed by atoms with Gasteiger partial charge in [-0.25, -0.2) is 0 Å². The van der Waals surface area contributed by atoms with Crippen LogP contribution in [0.25, 0.3) is 0 Å². The third-order valence-corrected chi connectivity index (χ3v) is 2.65. The fourth-order valence-corrected chi connectivity index (χ4v) is 1.55. The van der Waals surface area contributed by atoms with Gasteiger partial charge in [-0.15, -0.1) is 23.2 Å². The SMILES string of the molecule is CCC(CCl)(CCl)NC(C)=O. The normalized spacial score (nSPS) is 11.3. The van der Waals surface area contributed by atoms with Gasteiger partial charge >= 0.3 is 0 Å². The van der Waals surface area contributed by atoms with E-state index in [9.17, 15) is 4.79 Å². The number of nitrogens with one attached hydrogen (secondary N) is 1. The van der Waals surface area contributed by atoms with E-state index in [1.165, 1.54) is 6.92 Å². The predicted molar refractivity (Wildman–Crippen MR) is 48.3 cm³/mol. The first kappa shape index (κ1) is 11.1. The molecule has 4 heteroatoms. The van der Waals surface area contributed by atoms with E-state index in [-0.39, 0.29) is 5.91 Å². The Morgan fingerprint density at radius 3 is 2.00 bits per heavy atom. The van der Waals surface area contributed by atoms with Crippen molar-refractivity contribution in [3.63, 3.8) is 0 Å². The number of alkyl halides is 2. The summed E-state index contributed by atoms with van der Waals surface area (Å²) in [5.41, 5.74) is -0.422. The van der Waals surface area contributed by atoms with E-state index in [1.807, 2.05) is 6.92 Å². The average molecular weight is 198 g/mol. The quantitative estimate of drug-likeness (QED) is 0.685. The van der Waals surface area contributed by atoms with Crippen LogP contribution < -0.4 is 5.32 Å². The van der Waals surface area contributed by atoms with E-state index in [2.05, 4.69) is 5.32 Å². The summed E-state index contributed by atoms with van der Waals surface area (Å²) < 4.78 is 0. The number of amides is 1. The van der Waals surface area contributed by atoms with Crippen LogP contribution in [0, 0.1) is 0 Å². The zero-order valence-corrected chi connectivity index (χ0v) is 8.30. The highest BCUT2D eigenvalue weighted by Crippen LogP contribution is 2.14. The molecular weight excluding hydrogens is 185 g/mol. The van der Waals surface area contributed by atoms with Crippen LogP contribution in [0.2, 0.25) is 0 Å². The number of rotatable bonds is 4. The standard InChI is InChI=1S/C7H13Cl2NO/c1-3-7(4-8,5-9)10-6(2)11/h3-5H2,1-2H3,(H,10,11). The molecule has 0 radical (unpaired) electrons. The van der Waals surface area contributed by atoms with Crippen molar-refractivity contribution in [3.8, 4) is 0 Å². The van der Waals surface area contributed by atoms with Crippen molar-refractivity contribution in [2.75, 3.05) is 11.8 Å². The Balaban J connectivity index is 4.16. The molecule has 0 bridgehead atoms. The molecule has 0 rings (SSSR count). The summed E-state index contributed by atoms with van der Waals surface area (Å²) in [5, 5.41) is 2.74. The predicted octanol–water partition coefficient (Wildman–Crippen LogP) is 1.75. The molecule has 0 aromatic carbocycles. The fourth-order valence-electron chi connectivity index (χ4n) is 0.753. The number of halogens is 2. The van der Waals surface area contributed by atoms with Gasteiger partial charge in [0.1, 0.15) is 0 Å². The Morgan fingerprint density at radius 1 is 1.45 bits per heavy atom. The van der Waals surface area contributed by atoms with Crippen LogP contribution >= 0.6 is 23.2 Å². The smallest absolute Gasteiger partial charge is 0.217 e. The number of hydrogen-bond acceptors (Lipinski definition) is 1. The van der Waals surface area contributed by atoms with Crippen LogP contribution in [-0.4, -0.2) is 23.2 Å². The lowest BCUT2D eigenvalue weighted by molar-refractivity contribution is -0.120. The molecule has 0 spiro atoms. The molecule has 0 aliphatic heterocycles. The van der Waals surface area contributed by atoms with Crippen molar-refractivity contribution in [3.05, 3.63) is 0 Å². The van der Waals surface area contributed by atoms with Gasteiger partial charge in [0.25, 0.3) is 0 Å². The van der Waals surface area contributed by atoms with Crippen LogP contribution in [0.4, 0.5) is 0 Å². The van der Waals surface area contributed by atoms with Crippen molar-refractivity contribution >= 4 is 29.1 Å². The first-order valence-corrected chi connectivity index (χ1v) is 4.58. The molecule has 0 heterocycles. The topological polar surface area (TPSA) is 29.1 Å². The minimum absolute atomic E-state index is 0.0897. The second-order valence-corrected chi connectivity index (χ2v) is 3.12. The highest BCUT2D eigenvalue weighted by molar-refractivity contribution is 6.22. The molecule has 0 atom stereocenters. The summed E-state index contributed by atoms with van der Waals surface area (Å²) in [6.45, 7) is 3.41. The van der Waals surface area contributed by atoms with Crippen LogP contribution in [-0.2, 0) is 4.79 Å². The molecule has 11 heavy (non-hydrogen) atoms. The Hall–Kier alpha value is 0.0500. The molecule has 66 valence electrons. The van der Waals surface area contributed by atoms with E-state index in [0.29, 0.717) is 11.8 Å². The van der Waals surface area contributed by atoms with Crippen molar-refractivity contribution < 1.29 is 4.79 Å². The molecule has 1 N–H and O–H groups in total. The van der Waals surface area contributed by atoms with E-state index < -0.39 is 5.54 Å². The highest BCUT2D eigenvalue weighted by atomic mass is 35.5. The summed E-state index contributed by atoms with van der Waals surface area (Å²) >= 11 is 11.3. The Morgan fingerprint density at radius 2 is 1.91 bits per heavy atom. The summed E-state index contributed by atoms with van der Waals surface area (Å²) in [5.74, 6) is 0.618. The Labute approximate surface area is 77.2 Å². The second kappa shape index (κ2) is 4.83. The number of carbonyl (C=O) groups excluding carboxylic acids is 1. The van der Waals surface area contributed by atoms with Crippen molar-refractivity contribution in [2.45, 2.75) is 25.8 Å². The molecule has 0 aromatic heterocycles. The molecule has 0 fully saturated rings. The maximum atomic E-state index is 10.7. The molecule has 0 saturated heterocycles. The molecule has 0 aliphatic rings. The van der Waals surface area contributed by atoms with Gasteiger partial charge in [0.05, 0.1) is 5.54 Å². The van der Waals surface area contributed by atoms with Gasteiger partial charge in [-0.2, -0.15) is 0 Å². The molecule has 1 amide bonds. The first-order valence-electron chi connectivity index (χ1n) is 3.51. The lowest BCUT2D eigenvalue weighted by Gasteiger charge is -2.28. The number of carbonyl (C=O) groups is 1. The van der Waals surface area contributed by atoms with Crippen LogP contribution in [0.5, 0.6) is 0 Å². The van der Waals surface area contributed by atoms with E-state index in [4.69, 9.17) is 23.2 Å². The van der Waals surface area contributed by atoms with Crippen molar-refractivity contribution in [1.82, 2.24) is 5.32 Å². The number of hydrogen-bond donors (Lipinski definition) is 1. The zero-order valence-electron chi connectivity index (χ0n) is 6.79. The zero-order chi connectivity index (χ0) is 8.91. The van der Waals surface area contributed by atoms with Gasteiger partial charge in [-0.3, -0.25) is 4.79 Å². The summed E-state index contributed by atoms with van der Waals surface area (Å²) in [7, 11) is 0. The maximum absolute atomic E-state index is 10.7. The average Bonchev–Trinajstić information content (AvgIpc) is 2.00. The van der Waals surface area contributed by atoms with Gasteiger partial charge in [0, 0.05) is 18.7 Å². The molecule has 0 unspecified atom stereocenters. The van der Waals surface area contributed by atoms with Gasteiger partial charge in [0.15, 0.2) is 0 Å². The van der Waals surface area contributed by atoms with Gasteiger partial charge in [-0.05, 0) is 6.42 Å². The molecular formula is C7H13Cl2NO. The fraction of sp³-hybridized carbons (Fsp3) is 0.857. The summed E-state index contributed by atoms with van der Waals surface area (Å²) in [6, 6.07) is 0. The third-order valence-electron chi connectivity index (χ3n) is 1.63. The van der Waals surface area contributed by atoms with Gasteiger partial charge in [0.2, 0.25) is 5.91 Å². The molecule has 0 saturated carbocycles. The Bertz CT molecular complexity index is 126. The van der Waals surface area contributed by atoms with E-state index >= 15 is 0 Å². The molecule has 2 nitrogen and oxygen atoms in total. The first-order chi connectivity index (χ1) is 5.10. The highest BCUT2D eigenvalue weighted by Gasteiger charge is 2.26. The second-order valence-electron chi connectivity index (χ2n) is 2.58. The largest absolute Gasteiger partial charge is 0.349 e. The monoisotopic (exact) mass is 197 g/mol.